The molecular formula is C13H15NO5. The first kappa shape index (κ1) is 14.7. The van der Waals surface area contributed by atoms with Gasteiger partial charge in [0.2, 0.25) is 5.91 Å². The maximum absolute atomic E-state index is 11.6. The Bertz CT molecular complexity index is 524. The van der Waals surface area contributed by atoms with Crippen LogP contribution in [0.2, 0.25) is 0 Å². The first-order valence-corrected chi connectivity index (χ1v) is 5.60. The molecule has 0 radical (unpaired) electrons. The van der Waals surface area contributed by atoms with E-state index < -0.39 is 23.8 Å². The zero-order valence-corrected chi connectivity index (χ0v) is 10.9. The van der Waals surface area contributed by atoms with Gasteiger partial charge in [-0.25, -0.2) is 4.79 Å². The van der Waals surface area contributed by atoms with E-state index in [4.69, 9.17) is 5.11 Å². The fraction of sp³-hybridized carbons (Fsp3) is 0.308. The number of carboxylic acids is 1. The van der Waals surface area contributed by atoms with Crippen molar-refractivity contribution in [3.05, 3.63) is 29.3 Å². The molecule has 1 rings (SSSR count). The van der Waals surface area contributed by atoms with Crippen LogP contribution in [0.1, 0.15) is 22.8 Å². The molecule has 0 aromatic heterocycles. The highest BCUT2D eigenvalue weighted by atomic mass is 16.5. The maximum atomic E-state index is 11.6. The summed E-state index contributed by atoms with van der Waals surface area (Å²) in [7, 11) is 1.26. The highest BCUT2D eigenvalue weighted by Crippen LogP contribution is 2.20. The Kier molecular flexibility index (Phi) is 4.63. The second-order valence-electron chi connectivity index (χ2n) is 4.02. The van der Waals surface area contributed by atoms with E-state index in [1.165, 1.54) is 14.0 Å². The number of hydrogen-bond acceptors (Lipinski definition) is 4. The van der Waals surface area contributed by atoms with Gasteiger partial charge in [0.1, 0.15) is 5.92 Å². The van der Waals surface area contributed by atoms with Gasteiger partial charge in [0.05, 0.1) is 12.7 Å². The number of amides is 1. The molecule has 1 unspecified atom stereocenters. The van der Waals surface area contributed by atoms with E-state index >= 15 is 0 Å². The lowest BCUT2D eigenvalue weighted by molar-refractivity contribution is -0.144. The molecule has 0 aliphatic rings. The molecule has 19 heavy (non-hydrogen) atoms. The third-order valence-electron chi connectivity index (χ3n) is 2.76. The van der Waals surface area contributed by atoms with Crippen LogP contribution in [0.5, 0.6) is 0 Å². The van der Waals surface area contributed by atoms with Gasteiger partial charge < -0.3 is 15.2 Å². The average Bonchev–Trinajstić information content (AvgIpc) is 2.39. The van der Waals surface area contributed by atoms with E-state index in [0.717, 1.165) is 0 Å². The van der Waals surface area contributed by atoms with Crippen molar-refractivity contribution in [2.45, 2.75) is 13.8 Å². The van der Waals surface area contributed by atoms with Crippen LogP contribution in [0.25, 0.3) is 0 Å². The van der Waals surface area contributed by atoms with Crippen LogP contribution < -0.4 is 5.32 Å². The lowest BCUT2D eigenvalue weighted by Gasteiger charge is -2.12. The number of benzene rings is 1. The number of aliphatic carboxylic acids is 1. The van der Waals surface area contributed by atoms with Crippen LogP contribution in [0.15, 0.2) is 18.2 Å². The number of carbonyl (C=O) groups is 3. The number of esters is 1. The first-order chi connectivity index (χ1) is 8.88. The van der Waals surface area contributed by atoms with Gasteiger partial charge in [-0.2, -0.15) is 0 Å². The number of rotatable bonds is 4. The number of methoxy groups -OCH3 is 1. The summed E-state index contributed by atoms with van der Waals surface area (Å²) in [5.41, 5.74) is 1.24. The summed E-state index contributed by atoms with van der Waals surface area (Å²) in [5, 5.41) is 11.2. The van der Waals surface area contributed by atoms with E-state index in [1.807, 2.05) is 0 Å². The molecule has 0 fully saturated rings. The molecule has 0 saturated carbocycles. The van der Waals surface area contributed by atoms with Crippen LogP contribution in [0, 0.1) is 12.8 Å². The summed E-state index contributed by atoms with van der Waals surface area (Å²) in [6.45, 7) is 2.93. The minimum atomic E-state index is -1.21. The summed E-state index contributed by atoms with van der Waals surface area (Å²) in [4.78, 5) is 33.8. The van der Waals surface area contributed by atoms with Gasteiger partial charge in [0.15, 0.2) is 0 Å². The Morgan fingerprint density at radius 3 is 2.47 bits per heavy atom. The molecule has 1 aromatic rings. The second-order valence-corrected chi connectivity index (χ2v) is 4.02. The van der Waals surface area contributed by atoms with Crippen molar-refractivity contribution < 1.29 is 24.2 Å². The van der Waals surface area contributed by atoms with Gasteiger partial charge in [-0.3, -0.25) is 9.59 Å². The standard InChI is InChI=1S/C13H15NO5/c1-7-9(13(18)19-3)5-4-6-10(7)14-11(15)8(2)12(16)17/h4-6,8H,1-3H3,(H,14,15)(H,16,17). The van der Waals surface area contributed by atoms with Gasteiger partial charge in [-0.1, -0.05) is 6.07 Å². The molecule has 1 amide bonds. The van der Waals surface area contributed by atoms with Crippen LogP contribution in [-0.2, 0) is 14.3 Å². The van der Waals surface area contributed by atoms with Crippen LogP contribution in [0.3, 0.4) is 0 Å². The number of carbonyl (C=O) groups excluding carboxylic acids is 2. The summed E-state index contributed by atoms with van der Waals surface area (Å²) in [6, 6.07) is 4.74. The normalized spacial score (nSPS) is 11.5. The van der Waals surface area contributed by atoms with Crippen molar-refractivity contribution in [3.8, 4) is 0 Å². The molecule has 6 nitrogen and oxygen atoms in total. The number of hydrogen-bond donors (Lipinski definition) is 2. The molecule has 0 heterocycles. The zero-order valence-electron chi connectivity index (χ0n) is 10.9. The van der Waals surface area contributed by atoms with Gasteiger partial charge >= 0.3 is 11.9 Å². The molecule has 0 saturated heterocycles. The highest BCUT2D eigenvalue weighted by molar-refractivity contribution is 6.05. The Balaban J connectivity index is 3.00. The Labute approximate surface area is 110 Å². The largest absolute Gasteiger partial charge is 0.481 e. The molecule has 0 aliphatic carbocycles. The van der Waals surface area contributed by atoms with Crippen LogP contribution >= 0.6 is 0 Å². The van der Waals surface area contributed by atoms with Crippen molar-refractivity contribution in [3.63, 3.8) is 0 Å². The Hall–Kier alpha value is -2.37. The van der Waals surface area contributed by atoms with Crippen molar-refractivity contribution in [2.24, 2.45) is 5.92 Å². The third-order valence-corrected chi connectivity index (χ3v) is 2.76. The van der Waals surface area contributed by atoms with Gasteiger partial charge in [0, 0.05) is 5.69 Å². The Morgan fingerprint density at radius 1 is 1.32 bits per heavy atom. The van der Waals surface area contributed by atoms with Crippen LogP contribution in [-0.4, -0.2) is 30.1 Å². The number of ether oxygens (including phenoxy) is 1. The topological polar surface area (TPSA) is 92.7 Å². The van der Waals surface area contributed by atoms with Crippen molar-refractivity contribution >= 4 is 23.5 Å². The summed E-state index contributed by atoms with van der Waals surface area (Å²) in [6.07, 6.45) is 0. The predicted molar refractivity (Wildman–Crippen MR) is 67.9 cm³/mol. The smallest absolute Gasteiger partial charge is 0.338 e. The van der Waals surface area contributed by atoms with Crippen molar-refractivity contribution in [1.82, 2.24) is 0 Å². The number of carboxylic acid groups (broad SMARTS) is 1. The summed E-state index contributed by atoms with van der Waals surface area (Å²) >= 11 is 0. The number of anilines is 1. The van der Waals surface area contributed by atoms with Gasteiger partial charge in [-0.15, -0.1) is 0 Å². The predicted octanol–water partition coefficient (Wildman–Crippen LogP) is 1.44. The Morgan fingerprint density at radius 2 is 1.95 bits per heavy atom. The van der Waals surface area contributed by atoms with E-state index in [2.05, 4.69) is 10.1 Å². The fourth-order valence-electron chi connectivity index (χ4n) is 1.46. The SMILES string of the molecule is COC(=O)c1cccc(NC(=O)C(C)C(=O)O)c1C. The second kappa shape index (κ2) is 5.99. The lowest BCUT2D eigenvalue weighted by Crippen LogP contribution is -2.27. The molecule has 6 heteroatoms. The fourth-order valence-corrected chi connectivity index (χ4v) is 1.46. The summed E-state index contributed by atoms with van der Waals surface area (Å²) < 4.78 is 4.62. The quantitative estimate of drug-likeness (QED) is 0.634. The molecule has 0 bridgehead atoms. The maximum Gasteiger partial charge on any atom is 0.338 e. The highest BCUT2D eigenvalue weighted by Gasteiger charge is 2.21. The average molecular weight is 265 g/mol. The van der Waals surface area contributed by atoms with Gasteiger partial charge in [0.25, 0.3) is 0 Å². The molecule has 0 aliphatic heterocycles. The molecular weight excluding hydrogens is 250 g/mol. The van der Waals surface area contributed by atoms with Gasteiger partial charge in [-0.05, 0) is 31.5 Å². The van der Waals surface area contributed by atoms with E-state index in [-0.39, 0.29) is 0 Å². The first-order valence-electron chi connectivity index (χ1n) is 5.60. The van der Waals surface area contributed by atoms with Crippen LogP contribution in [0.4, 0.5) is 5.69 Å². The van der Waals surface area contributed by atoms with Crippen molar-refractivity contribution in [2.75, 3.05) is 12.4 Å². The third kappa shape index (κ3) is 3.31. The minimum absolute atomic E-state index is 0.322. The minimum Gasteiger partial charge on any atom is -0.481 e. The van der Waals surface area contributed by atoms with E-state index in [9.17, 15) is 14.4 Å². The molecule has 1 aromatic carbocycles. The van der Waals surface area contributed by atoms with Crippen molar-refractivity contribution in [1.29, 1.82) is 0 Å². The molecule has 102 valence electrons. The van der Waals surface area contributed by atoms with E-state index in [1.54, 1.807) is 25.1 Å². The molecule has 1 atom stereocenters. The lowest BCUT2D eigenvalue weighted by atomic mass is 10.1. The zero-order chi connectivity index (χ0) is 14.6. The van der Waals surface area contributed by atoms with E-state index in [0.29, 0.717) is 16.8 Å². The molecule has 2 N–H and O–H groups in total. The monoisotopic (exact) mass is 265 g/mol. The number of nitrogens with one attached hydrogen (secondary N) is 1. The summed E-state index contributed by atoms with van der Waals surface area (Å²) in [5.74, 6) is -3.53. The molecule has 0 spiro atoms.